The summed E-state index contributed by atoms with van der Waals surface area (Å²) in [5.74, 6) is -0.628. The lowest BCUT2D eigenvalue weighted by Gasteiger charge is -2.11. The van der Waals surface area contributed by atoms with Crippen molar-refractivity contribution in [3.8, 4) is 0 Å². The van der Waals surface area contributed by atoms with Crippen molar-refractivity contribution in [3.63, 3.8) is 0 Å². The zero-order valence-electron chi connectivity index (χ0n) is 12.0. The topological polar surface area (TPSA) is 41.1 Å². The van der Waals surface area contributed by atoms with Crippen LogP contribution in [0.3, 0.4) is 0 Å². The highest BCUT2D eigenvalue weighted by Gasteiger charge is 2.06. The zero-order chi connectivity index (χ0) is 15.1. The number of carbonyl (C=O) groups is 1. The maximum Gasteiger partial charge on any atom is 0.226 e. The largest absolute Gasteiger partial charge is 0.384 e. The van der Waals surface area contributed by atoms with Crippen molar-refractivity contribution >= 4 is 17.3 Å². The van der Waals surface area contributed by atoms with Gasteiger partial charge < -0.3 is 10.6 Å². The Hall–Kier alpha value is -2.36. The number of amides is 1. The molecule has 110 valence electrons. The van der Waals surface area contributed by atoms with Gasteiger partial charge in [0.05, 0.1) is 5.69 Å². The van der Waals surface area contributed by atoms with Crippen LogP contribution < -0.4 is 10.6 Å². The minimum atomic E-state index is -0.421. The fourth-order valence-electron chi connectivity index (χ4n) is 2.09. The molecule has 0 saturated heterocycles. The summed E-state index contributed by atoms with van der Waals surface area (Å²) < 4.78 is 13.4. The number of para-hydroxylation sites is 2. The maximum atomic E-state index is 13.4. The standard InChI is InChI=1S/C17H19FN2O/c1-2-13-7-3-5-9-15(13)19-12-11-17(21)20-16-10-6-4-8-14(16)18/h3-10,19H,2,11-12H2,1H3,(H,20,21). The van der Waals surface area contributed by atoms with Gasteiger partial charge in [-0.05, 0) is 30.2 Å². The van der Waals surface area contributed by atoms with E-state index in [4.69, 9.17) is 0 Å². The fraction of sp³-hybridized carbons (Fsp3) is 0.235. The Balaban J connectivity index is 1.83. The van der Waals surface area contributed by atoms with Crippen LogP contribution >= 0.6 is 0 Å². The molecule has 0 fully saturated rings. The van der Waals surface area contributed by atoms with E-state index in [-0.39, 0.29) is 18.0 Å². The van der Waals surface area contributed by atoms with E-state index in [0.717, 1.165) is 12.1 Å². The highest BCUT2D eigenvalue weighted by Crippen LogP contribution is 2.16. The Morgan fingerprint density at radius 3 is 2.43 bits per heavy atom. The Bertz CT molecular complexity index is 613. The van der Waals surface area contributed by atoms with Crippen molar-refractivity contribution in [2.24, 2.45) is 0 Å². The van der Waals surface area contributed by atoms with Gasteiger partial charge in [0.2, 0.25) is 5.91 Å². The number of aryl methyl sites for hydroxylation is 1. The predicted molar refractivity (Wildman–Crippen MR) is 84.0 cm³/mol. The molecule has 0 aliphatic rings. The van der Waals surface area contributed by atoms with Gasteiger partial charge in [0.1, 0.15) is 5.82 Å². The minimum absolute atomic E-state index is 0.207. The predicted octanol–water partition coefficient (Wildman–Crippen LogP) is 3.83. The van der Waals surface area contributed by atoms with Crippen LogP contribution in [-0.2, 0) is 11.2 Å². The molecule has 0 unspecified atom stereocenters. The van der Waals surface area contributed by atoms with E-state index in [1.807, 2.05) is 18.2 Å². The molecule has 0 aliphatic heterocycles. The Morgan fingerprint density at radius 1 is 1.05 bits per heavy atom. The van der Waals surface area contributed by atoms with Gasteiger partial charge in [-0.2, -0.15) is 0 Å². The second-order valence-corrected chi connectivity index (χ2v) is 4.72. The lowest BCUT2D eigenvalue weighted by Crippen LogP contribution is -2.17. The van der Waals surface area contributed by atoms with Crippen LogP contribution in [0, 0.1) is 5.82 Å². The molecule has 2 aromatic rings. The van der Waals surface area contributed by atoms with E-state index in [9.17, 15) is 9.18 Å². The monoisotopic (exact) mass is 286 g/mol. The van der Waals surface area contributed by atoms with E-state index in [0.29, 0.717) is 6.54 Å². The molecule has 3 nitrogen and oxygen atoms in total. The van der Waals surface area contributed by atoms with Crippen LogP contribution in [0.25, 0.3) is 0 Å². The summed E-state index contributed by atoms with van der Waals surface area (Å²) in [4.78, 5) is 11.8. The second kappa shape index (κ2) is 7.43. The number of rotatable bonds is 6. The van der Waals surface area contributed by atoms with Crippen LogP contribution in [0.15, 0.2) is 48.5 Å². The number of halogens is 1. The highest BCUT2D eigenvalue weighted by molar-refractivity contribution is 5.91. The number of hydrogen-bond acceptors (Lipinski definition) is 2. The molecule has 0 atom stereocenters. The van der Waals surface area contributed by atoms with Gasteiger partial charge in [0, 0.05) is 18.7 Å². The van der Waals surface area contributed by atoms with Crippen LogP contribution in [0.2, 0.25) is 0 Å². The van der Waals surface area contributed by atoms with Gasteiger partial charge in [-0.15, -0.1) is 0 Å². The highest BCUT2D eigenvalue weighted by atomic mass is 19.1. The van der Waals surface area contributed by atoms with Gasteiger partial charge in [-0.1, -0.05) is 37.3 Å². The lowest BCUT2D eigenvalue weighted by atomic mass is 10.1. The number of carbonyl (C=O) groups excluding carboxylic acids is 1. The summed E-state index contributed by atoms with van der Waals surface area (Å²) in [6.07, 6.45) is 1.22. The smallest absolute Gasteiger partial charge is 0.226 e. The van der Waals surface area contributed by atoms with Crippen LogP contribution in [0.5, 0.6) is 0 Å². The molecule has 0 heterocycles. The van der Waals surface area contributed by atoms with Crippen molar-refractivity contribution in [1.82, 2.24) is 0 Å². The fourth-order valence-corrected chi connectivity index (χ4v) is 2.09. The molecule has 21 heavy (non-hydrogen) atoms. The van der Waals surface area contributed by atoms with Crippen LogP contribution in [-0.4, -0.2) is 12.5 Å². The molecule has 2 aromatic carbocycles. The molecule has 2 N–H and O–H groups in total. The van der Waals surface area contributed by atoms with E-state index in [2.05, 4.69) is 23.6 Å². The molecule has 2 rings (SSSR count). The molecular weight excluding hydrogens is 267 g/mol. The molecule has 0 aromatic heterocycles. The first-order valence-electron chi connectivity index (χ1n) is 7.07. The Kier molecular flexibility index (Phi) is 5.32. The van der Waals surface area contributed by atoms with Gasteiger partial charge in [-0.25, -0.2) is 4.39 Å². The first-order chi connectivity index (χ1) is 10.2. The third-order valence-corrected chi connectivity index (χ3v) is 3.21. The van der Waals surface area contributed by atoms with Crippen molar-refractivity contribution in [2.45, 2.75) is 19.8 Å². The van der Waals surface area contributed by atoms with Crippen molar-refractivity contribution in [3.05, 3.63) is 59.9 Å². The number of hydrogen-bond donors (Lipinski definition) is 2. The molecular formula is C17H19FN2O. The Morgan fingerprint density at radius 2 is 1.71 bits per heavy atom. The van der Waals surface area contributed by atoms with Crippen LogP contribution in [0.4, 0.5) is 15.8 Å². The number of anilines is 2. The van der Waals surface area contributed by atoms with Crippen LogP contribution in [0.1, 0.15) is 18.9 Å². The molecule has 0 saturated carbocycles. The Labute approximate surface area is 124 Å². The average Bonchev–Trinajstić information content (AvgIpc) is 2.50. The van der Waals surface area contributed by atoms with Crippen molar-refractivity contribution in [1.29, 1.82) is 0 Å². The molecule has 0 spiro atoms. The normalized spacial score (nSPS) is 10.2. The zero-order valence-corrected chi connectivity index (χ0v) is 12.0. The van der Waals surface area contributed by atoms with Crippen molar-refractivity contribution < 1.29 is 9.18 Å². The quantitative estimate of drug-likeness (QED) is 0.847. The summed E-state index contributed by atoms with van der Waals surface area (Å²) >= 11 is 0. The summed E-state index contributed by atoms with van der Waals surface area (Å²) in [6, 6.07) is 14.2. The summed E-state index contributed by atoms with van der Waals surface area (Å²) in [6.45, 7) is 2.60. The molecule has 0 radical (unpaired) electrons. The minimum Gasteiger partial charge on any atom is -0.384 e. The molecule has 0 bridgehead atoms. The number of benzene rings is 2. The van der Waals surface area contributed by atoms with Gasteiger partial charge >= 0.3 is 0 Å². The van der Waals surface area contributed by atoms with E-state index < -0.39 is 5.82 Å². The van der Waals surface area contributed by atoms with Gasteiger partial charge in [0.25, 0.3) is 0 Å². The van der Waals surface area contributed by atoms with Gasteiger partial charge in [-0.3, -0.25) is 4.79 Å². The average molecular weight is 286 g/mol. The lowest BCUT2D eigenvalue weighted by molar-refractivity contribution is -0.116. The SMILES string of the molecule is CCc1ccccc1NCCC(=O)Nc1ccccc1F. The van der Waals surface area contributed by atoms with E-state index >= 15 is 0 Å². The van der Waals surface area contributed by atoms with E-state index in [1.165, 1.54) is 11.6 Å². The van der Waals surface area contributed by atoms with Crippen molar-refractivity contribution in [2.75, 3.05) is 17.2 Å². The molecule has 0 aliphatic carbocycles. The van der Waals surface area contributed by atoms with Gasteiger partial charge in [0.15, 0.2) is 0 Å². The third-order valence-electron chi connectivity index (χ3n) is 3.21. The second-order valence-electron chi connectivity index (χ2n) is 4.72. The summed E-state index contributed by atoms with van der Waals surface area (Å²) in [5.41, 5.74) is 2.47. The summed E-state index contributed by atoms with van der Waals surface area (Å²) in [5, 5.41) is 5.81. The first kappa shape index (κ1) is 15.0. The third kappa shape index (κ3) is 4.31. The maximum absolute atomic E-state index is 13.4. The first-order valence-corrected chi connectivity index (χ1v) is 7.07. The number of nitrogens with one attached hydrogen (secondary N) is 2. The summed E-state index contributed by atoms with van der Waals surface area (Å²) in [7, 11) is 0. The molecule has 1 amide bonds. The molecule has 4 heteroatoms. The van der Waals surface area contributed by atoms with E-state index in [1.54, 1.807) is 18.2 Å².